The fourth-order valence-corrected chi connectivity index (χ4v) is 4.11. The minimum atomic E-state index is -0.0657. The molecule has 0 aliphatic carbocycles. The highest BCUT2D eigenvalue weighted by atomic mass is 32.2. The fraction of sp³-hybridized carbons (Fsp3) is 0.160. The summed E-state index contributed by atoms with van der Waals surface area (Å²) in [5, 5.41) is 12.5. The van der Waals surface area contributed by atoms with Crippen molar-refractivity contribution < 1.29 is 4.79 Å². The number of thioether (sulfide) groups is 1. The van der Waals surface area contributed by atoms with Gasteiger partial charge in [-0.1, -0.05) is 72.4 Å². The molecule has 0 radical (unpaired) electrons. The van der Waals surface area contributed by atoms with Crippen molar-refractivity contribution in [2.75, 3.05) is 11.1 Å². The van der Waals surface area contributed by atoms with Gasteiger partial charge in [0.25, 0.3) is 0 Å². The molecular weight excluding hydrogens is 404 g/mol. The van der Waals surface area contributed by atoms with Crippen LogP contribution >= 0.6 is 11.8 Å². The summed E-state index contributed by atoms with van der Waals surface area (Å²) < 4.78 is 2.05. The monoisotopic (exact) mass is 428 g/mol. The van der Waals surface area contributed by atoms with E-state index in [4.69, 9.17) is 0 Å². The van der Waals surface area contributed by atoms with Gasteiger partial charge in [0.1, 0.15) is 5.82 Å². The van der Waals surface area contributed by atoms with Crippen molar-refractivity contribution in [1.29, 1.82) is 0 Å². The van der Waals surface area contributed by atoms with Crippen LogP contribution in [0.25, 0.3) is 5.69 Å². The molecule has 0 saturated carbocycles. The number of aryl methyl sites for hydroxylation is 3. The van der Waals surface area contributed by atoms with Crippen molar-refractivity contribution in [2.24, 2.45) is 0 Å². The van der Waals surface area contributed by atoms with E-state index in [-0.39, 0.29) is 11.7 Å². The lowest BCUT2D eigenvalue weighted by atomic mass is 10.1. The van der Waals surface area contributed by atoms with Gasteiger partial charge in [-0.3, -0.25) is 9.36 Å². The first-order valence-electron chi connectivity index (χ1n) is 10.2. The number of carbonyl (C=O) groups is 1. The molecule has 0 bridgehead atoms. The van der Waals surface area contributed by atoms with Crippen molar-refractivity contribution in [2.45, 2.75) is 24.9 Å². The highest BCUT2D eigenvalue weighted by Crippen LogP contribution is 2.23. The van der Waals surface area contributed by atoms with E-state index in [2.05, 4.69) is 27.6 Å². The number of para-hydroxylation sites is 1. The van der Waals surface area contributed by atoms with Crippen molar-refractivity contribution in [1.82, 2.24) is 14.8 Å². The maximum Gasteiger partial charge on any atom is 0.234 e. The van der Waals surface area contributed by atoms with Gasteiger partial charge < -0.3 is 5.32 Å². The second kappa shape index (κ2) is 10.1. The van der Waals surface area contributed by atoms with E-state index in [0.717, 1.165) is 35.6 Å². The van der Waals surface area contributed by atoms with Crippen LogP contribution in [0.2, 0.25) is 0 Å². The van der Waals surface area contributed by atoms with Gasteiger partial charge in [0.2, 0.25) is 5.91 Å². The third-order valence-corrected chi connectivity index (χ3v) is 5.76. The van der Waals surface area contributed by atoms with Gasteiger partial charge in [0.15, 0.2) is 5.16 Å². The van der Waals surface area contributed by atoms with Crippen LogP contribution in [0, 0.1) is 6.92 Å². The van der Waals surface area contributed by atoms with Gasteiger partial charge in [0, 0.05) is 17.8 Å². The van der Waals surface area contributed by atoms with Gasteiger partial charge in [-0.25, -0.2) is 0 Å². The predicted molar refractivity (Wildman–Crippen MR) is 126 cm³/mol. The fourth-order valence-electron chi connectivity index (χ4n) is 3.34. The molecule has 6 heteroatoms. The molecule has 31 heavy (non-hydrogen) atoms. The number of benzene rings is 3. The third-order valence-electron chi connectivity index (χ3n) is 4.83. The standard InChI is InChI=1S/C25H24N4OS/c1-19-9-8-12-21(17-19)26-24(30)18-31-25-28-27-23(16-15-20-10-4-2-5-11-20)29(25)22-13-6-3-7-14-22/h2-14,17H,15-16,18H2,1H3,(H,26,30). The maximum atomic E-state index is 12.5. The molecule has 1 N–H and O–H groups in total. The Balaban J connectivity index is 1.49. The Kier molecular flexibility index (Phi) is 6.79. The maximum absolute atomic E-state index is 12.5. The lowest BCUT2D eigenvalue weighted by molar-refractivity contribution is -0.113. The zero-order valence-electron chi connectivity index (χ0n) is 17.4. The van der Waals surface area contributed by atoms with Crippen molar-refractivity contribution >= 4 is 23.4 Å². The molecule has 3 aromatic carbocycles. The Morgan fingerprint density at radius 1 is 0.903 bits per heavy atom. The topological polar surface area (TPSA) is 59.8 Å². The average molecular weight is 429 g/mol. The van der Waals surface area contributed by atoms with Crippen LogP contribution in [-0.4, -0.2) is 26.4 Å². The first-order valence-corrected chi connectivity index (χ1v) is 11.2. The number of rotatable bonds is 8. The van der Waals surface area contributed by atoms with Crippen LogP contribution in [-0.2, 0) is 17.6 Å². The van der Waals surface area contributed by atoms with E-state index in [9.17, 15) is 4.79 Å². The van der Waals surface area contributed by atoms with Gasteiger partial charge >= 0.3 is 0 Å². The van der Waals surface area contributed by atoms with Gasteiger partial charge in [-0.05, 0) is 48.7 Å². The molecule has 0 fully saturated rings. The minimum absolute atomic E-state index is 0.0657. The molecule has 5 nitrogen and oxygen atoms in total. The second-order valence-corrected chi connectivity index (χ2v) is 8.20. The van der Waals surface area contributed by atoms with Gasteiger partial charge in [-0.2, -0.15) is 0 Å². The summed E-state index contributed by atoms with van der Waals surface area (Å²) in [6.45, 7) is 2.00. The van der Waals surface area contributed by atoms with E-state index in [1.54, 1.807) is 0 Å². The SMILES string of the molecule is Cc1cccc(NC(=O)CSc2nnc(CCc3ccccc3)n2-c2ccccc2)c1. The number of amides is 1. The quantitative estimate of drug-likeness (QED) is 0.397. The summed E-state index contributed by atoms with van der Waals surface area (Å²) in [5.41, 5.74) is 4.17. The number of hydrogen-bond donors (Lipinski definition) is 1. The highest BCUT2D eigenvalue weighted by molar-refractivity contribution is 7.99. The molecular formula is C25H24N4OS. The van der Waals surface area contributed by atoms with E-state index in [0.29, 0.717) is 5.16 Å². The van der Waals surface area contributed by atoms with Crippen molar-refractivity contribution in [3.8, 4) is 5.69 Å². The number of anilines is 1. The Bertz CT molecular complexity index is 1140. The Morgan fingerprint density at radius 3 is 2.39 bits per heavy atom. The highest BCUT2D eigenvalue weighted by Gasteiger charge is 2.16. The zero-order valence-corrected chi connectivity index (χ0v) is 18.2. The molecule has 0 saturated heterocycles. The molecule has 0 atom stereocenters. The number of hydrogen-bond acceptors (Lipinski definition) is 4. The van der Waals surface area contributed by atoms with E-state index in [1.165, 1.54) is 17.3 Å². The summed E-state index contributed by atoms with van der Waals surface area (Å²) in [5.74, 6) is 1.08. The van der Waals surface area contributed by atoms with E-state index >= 15 is 0 Å². The molecule has 0 unspecified atom stereocenters. The van der Waals surface area contributed by atoms with Crippen LogP contribution in [0.4, 0.5) is 5.69 Å². The summed E-state index contributed by atoms with van der Waals surface area (Å²) in [7, 11) is 0. The summed E-state index contributed by atoms with van der Waals surface area (Å²) in [6, 6.07) is 28.2. The summed E-state index contributed by atoms with van der Waals surface area (Å²) in [4.78, 5) is 12.5. The summed E-state index contributed by atoms with van der Waals surface area (Å²) in [6.07, 6.45) is 1.65. The Morgan fingerprint density at radius 2 is 1.65 bits per heavy atom. The minimum Gasteiger partial charge on any atom is -0.325 e. The van der Waals surface area contributed by atoms with Crippen LogP contribution in [0.1, 0.15) is 17.0 Å². The molecule has 0 aliphatic rings. The normalized spacial score (nSPS) is 10.7. The second-order valence-electron chi connectivity index (χ2n) is 7.26. The molecule has 4 aromatic rings. The predicted octanol–water partition coefficient (Wildman–Crippen LogP) is 5.09. The molecule has 156 valence electrons. The third kappa shape index (κ3) is 5.61. The smallest absolute Gasteiger partial charge is 0.234 e. The van der Waals surface area contributed by atoms with Crippen LogP contribution in [0.15, 0.2) is 90.1 Å². The van der Waals surface area contributed by atoms with Crippen molar-refractivity contribution in [3.05, 3.63) is 102 Å². The molecule has 0 aliphatic heterocycles. The van der Waals surface area contributed by atoms with Crippen LogP contribution < -0.4 is 5.32 Å². The van der Waals surface area contributed by atoms with Crippen molar-refractivity contribution in [3.63, 3.8) is 0 Å². The number of aromatic nitrogens is 3. The Labute approximate surface area is 186 Å². The van der Waals surface area contributed by atoms with E-state index in [1.807, 2.05) is 84.3 Å². The first kappa shape index (κ1) is 20.9. The lowest BCUT2D eigenvalue weighted by Gasteiger charge is -2.10. The van der Waals surface area contributed by atoms with Gasteiger partial charge in [-0.15, -0.1) is 10.2 Å². The molecule has 1 heterocycles. The average Bonchev–Trinajstić information content (AvgIpc) is 3.20. The zero-order chi connectivity index (χ0) is 21.5. The van der Waals surface area contributed by atoms with Crippen LogP contribution in [0.3, 0.4) is 0 Å². The molecule has 1 aromatic heterocycles. The van der Waals surface area contributed by atoms with Gasteiger partial charge in [0.05, 0.1) is 5.75 Å². The number of carbonyl (C=O) groups excluding carboxylic acids is 1. The molecule has 0 spiro atoms. The number of nitrogens with one attached hydrogen (secondary N) is 1. The lowest BCUT2D eigenvalue weighted by Crippen LogP contribution is -2.14. The number of nitrogens with zero attached hydrogens (tertiary/aromatic N) is 3. The molecule has 4 rings (SSSR count). The first-order chi connectivity index (χ1) is 15.2. The largest absolute Gasteiger partial charge is 0.325 e. The molecule has 1 amide bonds. The summed E-state index contributed by atoms with van der Waals surface area (Å²) >= 11 is 1.39. The Hall–Kier alpha value is -3.38. The van der Waals surface area contributed by atoms with Crippen LogP contribution in [0.5, 0.6) is 0 Å². The van der Waals surface area contributed by atoms with E-state index < -0.39 is 0 Å².